The Morgan fingerprint density at radius 1 is 1.50 bits per heavy atom. The molecule has 2 rings (SSSR count). The van der Waals surface area contributed by atoms with Crippen LogP contribution in [0, 0.1) is 5.82 Å². The van der Waals surface area contributed by atoms with Gasteiger partial charge < -0.3 is 20.5 Å². The molecule has 1 fully saturated rings. The molecule has 0 saturated carbocycles. The fourth-order valence-corrected chi connectivity index (χ4v) is 2.19. The first-order valence-electron chi connectivity index (χ1n) is 7.07. The van der Waals surface area contributed by atoms with Gasteiger partial charge in [-0.3, -0.25) is 4.79 Å². The minimum atomic E-state index is -0.864. The molecular formula is C15H22ClFN2O3. The lowest BCUT2D eigenvalue weighted by atomic mass is 9.90. The van der Waals surface area contributed by atoms with Gasteiger partial charge in [0.05, 0.1) is 12.1 Å². The van der Waals surface area contributed by atoms with Crippen LogP contribution < -0.4 is 15.8 Å². The van der Waals surface area contributed by atoms with Gasteiger partial charge in [-0.25, -0.2) is 4.39 Å². The zero-order valence-corrected chi connectivity index (χ0v) is 13.3. The van der Waals surface area contributed by atoms with Gasteiger partial charge in [0.2, 0.25) is 5.91 Å². The SMILES string of the molecule is CC(CNC(=O)C1(N)CCOCC1)Oc1cccc(F)c1.Cl. The molecule has 5 nitrogen and oxygen atoms in total. The normalized spacial score (nSPS) is 18.0. The molecular weight excluding hydrogens is 311 g/mol. The van der Waals surface area contributed by atoms with Crippen molar-refractivity contribution in [1.82, 2.24) is 5.32 Å². The van der Waals surface area contributed by atoms with Crippen molar-refractivity contribution in [1.29, 1.82) is 0 Å². The lowest BCUT2D eigenvalue weighted by Gasteiger charge is -2.32. The number of hydrogen-bond acceptors (Lipinski definition) is 4. The van der Waals surface area contributed by atoms with Gasteiger partial charge >= 0.3 is 0 Å². The van der Waals surface area contributed by atoms with E-state index < -0.39 is 5.54 Å². The Labute approximate surface area is 135 Å². The van der Waals surface area contributed by atoms with E-state index in [4.69, 9.17) is 15.2 Å². The van der Waals surface area contributed by atoms with Gasteiger partial charge in [0.1, 0.15) is 17.7 Å². The second-order valence-electron chi connectivity index (χ2n) is 5.36. The molecule has 0 bridgehead atoms. The average molecular weight is 333 g/mol. The van der Waals surface area contributed by atoms with E-state index in [0.29, 0.717) is 38.3 Å². The third-order valence-corrected chi connectivity index (χ3v) is 3.52. The second kappa shape index (κ2) is 8.31. The summed E-state index contributed by atoms with van der Waals surface area (Å²) in [4.78, 5) is 12.1. The van der Waals surface area contributed by atoms with Crippen LogP contribution in [0.15, 0.2) is 24.3 Å². The van der Waals surface area contributed by atoms with Crippen molar-refractivity contribution in [2.24, 2.45) is 5.73 Å². The maximum Gasteiger partial charge on any atom is 0.240 e. The smallest absolute Gasteiger partial charge is 0.240 e. The van der Waals surface area contributed by atoms with Crippen molar-refractivity contribution in [2.75, 3.05) is 19.8 Å². The van der Waals surface area contributed by atoms with Gasteiger partial charge in [-0.1, -0.05) is 6.07 Å². The van der Waals surface area contributed by atoms with Gasteiger partial charge in [0.25, 0.3) is 0 Å². The molecule has 124 valence electrons. The second-order valence-corrected chi connectivity index (χ2v) is 5.36. The number of ether oxygens (including phenoxy) is 2. The van der Waals surface area contributed by atoms with Crippen LogP contribution in [-0.2, 0) is 9.53 Å². The fourth-order valence-electron chi connectivity index (χ4n) is 2.19. The zero-order valence-electron chi connectivity index (χ0n) is 12.5. The molecule has 0 aliphatic carbocycles. The Balaban J connectivity index is 0.00000242. The van der Waals surface area contributed by atoms with Crippen LogP contribution in [0.1, 0.15) is 19.8 Å². The topological polar surface area (TPSA) is 73.6 Å². The Kier molecular flexibility index (Phi) is 7.06. The molecule has 1 saturated heterocycles. The van der Waals surface area contributed by atoms with Gasteiger partial charge in [0.15, 0.2) is 0 Å². The molecule has 0 spiro atoms. The zero-order chi connectivity index (χ0) is 15.3. The van der Waals surface area contributed by atoms with E-state index in [0.717, 1.165) is 0 Å². The van der Waals surface area contributed by atoms with E-state index in [1.165, 1.54) is 12.1 Å². The first-order valence-corrected chi connectivity index (χ1v) is 7.07. The number of rotatable bonds is 5. The summed E-state index contributed by atoms with van der Waals surface area (Å²) in [6.45, 7) is 3.12. The van der Waals surface area contributed by atoms with Crippen molar-refractivity contribution in [3.05, 3.63) is 30.1 Å². The fraction of sp³-hybridized carbons (Fsp3) is 0.533. The number of carbonyl (C=O) groups is 1. The summed E-state index contributed by atoms with van der Waals surface area (Å²) in [7, 11) is 0. The molecule has 1 atom stereocenters. The Hall–Kier alpha value is -1.37. The van der Waals surface area contributed by atoms with Crippen LogP contribution in [0.2, 0.25) is 0 Å². The number of nitrogens with two attached hydrogens (primary N) is 1. The number of carbonyl (C=O) groups excluding carboxylic acids is 1. The third-order valence-electron chi connectivity index (χ3n) is 3.52. The Morgan fingerprint density at radius 3 is 2.82 bits per heavy atom. The molecule has 3 N–H and O–H groups in total. The van der Waals surface area contributed by atoms with Crippen LogP contribution in [-0.4, -0.2) is 37.3 Å². The molecule has 0 aromatic heterocycles. The molecule has 1 aliphatic rings. The van der Waals surface area contributed by atoms with Crippen LogP contribution in [0.3, 0.4) is 0 Å². The van der Waals surface area contributed by atoms with Crippen LogP contribution in [0.4, 0.5) is 4.39 Å². The van der Waals surface area contributed by atoms with E-state index in [9.17, 15) is 9.18 Å². The van der Waals surface area contributed by atoms with E-state index in [2.05, 4.69) is 5.32 Å². The van der Waals surface area contributed by atoms with Gasteiger partial charge in [-0.15, -0.1) is 12.4 Å². The summed E-state index contributed by atoms with van der Waals surface area (Å²) >= 11 is 0. The number of nitrogens with one attached hydrogen (secondary N) is 1. The Morgan fingerprint density at radius 2 is 2.18 bits per heavy atom. The molecule has 1 aromatic rings. The van der Waals surface area contributed by atoms with Gasteiger partial charge in [-0.2, -0.15) is 0 Å². The highest BCUT2D eigenvalue weighted by molar-refractivity contribution is 5.86. The molecule has 1 amide bonds. The van der Waals surface area contributed by atoms with Crippen LogP contribution in [0.5, 0.6) is 5.75 Å². The number of amides is 1. The predicted molar refractivity (Wildman–Crippen MR) is 83.7 cm³/mol. The van der Waals surface area contributed by atoms with Gasteiger partial charge in [-0.05, 0) is 31.9 Å². The Bertz CT molecular complexity index is 495. The van der Waals surface area contributed by atoms with E-state index in [1.807, 2.05) is 0 Å². The number of hydrogen-bond donors (Lipinski definition) is 2. The molecule has 1 aromatic carbocycles. The van der Waals surface area contributed by atoms with Gasteiger partial charge in [0, 0.05) is 19.3 Å². The predicted octanol–water partition coefficient (Wildman–Crippen LogP) is 1.64. The van der Waals surface area contributed by atoms with Crippen molar-refractivity contribution >= 4 is 18.3 Å². The summed E-state index contributed by atoms with van der Waals surface area (Å²) in [5, 5.41) is 2.79. The quantitative estimate of drug-likeness (QED) is 0.859. The van der Waals surface area contributed by atoms with E-state index in [-0.39, 0.29) is 30.2 Å². The van der Waals surface area contributed by atoms with E-state index in [1.54, 1.807) is 19.1 Å². The number of halogens is 2. The third kappa shape index (κ3) is 5.12. The summed E-state index contributed by atoms with van der Waals surface area (Å²) in [6, 6.07) is 5.90. The summed E-state index contributed by atoms with van der Waals surface area (Å²) < 4.78 is 23.8. The molecule has 1 aliphatic heterocycles. The summed E-state index contributed by atoms with van der Waals surface area (Å²) in [5.41, 5.74) is 5.21. The molecule has 22 heavy (non-hydrogen) atoms. The highest BCUT2D eigenvalue weighted by atomic mass is 35.5. The van der Waals surface area contributed by atoms with Crippen LogP contribution >= 0.6 is 12.4 Å². The standard InChI is InChI=1S/C15H21FN2O3.ClH/c1-11(21-13-4-2-3-12(16)9-13)10-18-14(19)15(17)5-7-20-8-6-15;/h2-4,9,11H,5-8,10,17H2,1H3,(H,18,19);1H. The van der Waals surface area contributed by atoms with E-state index >= 15 is 0 Å². The lowest BCUT2D eigenvalue weighted by molar-refractivity contribution is -0.130. The van der Waals surface area contributed by atoms with Crippen molar-refractivity contribution in [2.45, 2.75) is 31.4 Å². The highest BCUT2D eigenvalue weighted by Gasteiger charge is 2.35. The molecule has 0 radical (unpaired) electrons. The highest BCUT2D eigenvalue weighted by Crippen LogP contribution is 2.18. The van der Waals surface area contributed by atoms with Crippen molar-refractivity contribution in [3.8, 4) is 5.75 Å². The van der Waals surface area contributed by atoms with Crippen molar-refractivity contribution < 1.29 is 18.7 Å². The van der Waals surface area contributed by atoms with Crippen molar-refractivity contribution in [3.63, 3.8) is 0 Å². The first kappa shape index (κ1) is 18.7. The summed E-state index contributed by atoms with van der Waals surface area (Å²) in [5.74, 6) is -0.113. The average Bonchev–Trinajstić information content (AvgIpc) is 2.45. The molecule has 7 heteroatoms. The number of benzene rings is 1. The summed E-state index contributed by atoms with van der Waals surface area (Å²) in [6.07, 6.45) is 0.745. The largest absolute Gasteiger partial charge is 0.489 e. The molecule has 1 unspecified atom stereocenters. The first-order chi connectivity index (χ1) is 9.99. The minimum absolute atomic E-state index is 0. The van der Waals surface area contributed by atoms with Crippen LogP contribution in [0.25, 0.3) is 0 Å². The lowest BCUT2D eigenvalue weighted by Crippen LogP contribution is -2.57. The maximum atomic E-state index is 13.0. The molecule has 1 heterocycles. The monoisotopic (exact) mass is 332 g/mol. The maximum absolute atomic E-state index is 13.0. The minimum Gasteiger partial charge on any atom is -0.489 e.